The minimum Gasteiger partial charge on any atom is -0.480 e. The lowest BCUT2D eigenvalue weighted by atomic mass is 10.0. The van der Waals surface area contributed by atoms with Gasteiger partial charge >= 0.3 is 5.97 Å². The maximum Gasteiger partial charge on any atom is 0.328 e. The number of carboxylic acid groups (broad SMARTS) is 1. The lowest BCUT2D eigenvalue weighted by Crippen LogP contribution is -2.22. The minimum absolute atomic E-state index is 0.0666. The molecule has 1 heterocycles. The highest BCUT2D eigenvalue weighted by Crippen LogP contribution is 2.21. The molecule has 1 rings (SSSR count). The summed E-state index contributed by atoms with van der Waals surface area (Å²) in [5, 5.41) is 12.9. The summed E-state index contributed by atoms with van der Waals surface area (Å²) in [6.07, 6.45) is 0.483. The number of carbonyl (C=O) groups is 1. The molecule has 0 radical (unpaired) electrons. The van der Waals surface area contributed by atoms with E-state index in [1.165, 1.54) is 4.68 Å². The Morgan fingerprint density at radius 2 is 2.27 bits per heavy atom. The van der Waals surface area contributed by atoms with Crippen LogP contribution < -0.4 is 5.73 Å². The Morgan fingerprint density at radius 3 is 2.60 bits per heavy atom. The molecule has 84 valence electrons. The zero-order chi connectivity index (χ0) is 11.6. The van der Waals surface area contributed by atoms with E-state index in [-0.39, 0.29) is 11.9 Å². The Labute approximate surface area is 95.6 Å². The van der Waals surface area contributed by atoms with Crippen molar-refractivity contribution in [3.05, 3.63) is 4.73 Å². The first-order chi connectivity index (χ1) is 6.91. The van der Waals surface area contributed by atoms with Gasteiger partial charge in [-0.15, -0.1) is 5.10 Å². The van der Waals surface area contributed by atoms with Crippen molar-refractivity contribution in [2.24, 2.45) is 5.92 Å². The average molecular weight is 277 g/mol. The van der Waals surface area contributed by atoms with Crippen LogP contribution in [-0.2, 0) is 4.79 Å². The van der Waals surface area contributed by atoms with Crippen LogP contribution >= 0.6 is 15.9 Å². The Kier molecular flexibility index (Phi) is 3.67. The van der Waals surface area contributed by atoms with Crippen molar-refractivity contribution in [3.8, 4) is 0 Å². The lowest BCUT2D eigenvalue weighted by molar-refractivity contribution is -0.141. The number of aliphatic carboxylic acids is 1. The summed E-state index contributed by atoms with van der Waals surface area (Å²) in [5.74, 6) is -0.616. The molecule has 0 saturated carbocycles. The maximum absolute atomic E-state index is 11.0. The van der Waals surface area contributed by atoms with Crippen LogP contribution in [-0.4, -0.2) is 25.8 Å². The number of nitrogens with two attached hydrogens (primary N) is 1. The molecule has 0 spiro atoms. The van der Waals surface area contributed by atoms with Crippen molar-refractivity contribution < 1.29 is 9.90 Å². The zero-order valence-electron chi connectivity index (χ0n) is 8.51. The van der Waals surface area contributed by atoms with Crippen LogP contribution in [0.15, 0.2) is 4.73 Å². The summed E-state index contributed by atoms with van der Waals surface area (Å²) in [7, 11) is 0. The van der Waals surface area contributed by atoms with Crippen molar-refractivity contribution >= 4 is 27.8 Å². The van der Waals surface area contributed by atoms with Crippen LogP contribution in [0.4, 0.5) is 5.95 Å². The number of hydrogen-bond donors (Lipinski definition) is 2. The van der Waals surface area contributed by atoms with Crippen molar-refractivity contribution in [2.75, 3.05) is 5.73 Å². The number of halogens is 1. The van der Waals surface area contributed by atoms with Gasteiger partial charge in [0.1, 0.15) is 0 Å². The molecular weight excluding hydrogens is 264 g/mol. The monoisotopic (exact) mass is 276 g/mol. The van der Waals surface area contributed by atoms with E-state index in [2.05, 4.69) is 26.0 Å². The second kappa shape index (κ2) is 4.61. The minimum atomic E-state index is -0.936. The fourth-order valence-electron chi connectivity index (χ4n) is 1.27. The number of anilines is 1. The molecule has 0 aliphatic rings. The number of nitrogens with zero attached hydrogens (tertiary/aromatic N) is 3. The van der Waals surface area contributed by atoms with Crippen molar-refractivity contribution in [1.82, 2.24) is 14.8 Å². The van der Waals surface area contributed by atoms with Crippen molar-refractivity contribution in [1.29, 1.82) is 0 Å². The fraction of sp³-hybridized carbons (Fsp3) is 0.625. The van der Waals surface area contributed by atoms with Crippen LogP contribution in [0, 0.1) is 5.92 Å². The number of carboxylic acids is 1. The van der Waals surface area contributed by atoms with Crippen LogP contribution in [0.25, 0.3) is 0 Å². The normalized spacial score (nSPS) is 13.1. The molecule has 1 aromatic rings. The van der Waals surface area contributed by atoms with E-state index in [9.17, 15) is 4.79 Å². The van der Waals surface area contributed by atoms with E-state index in [4.69, 9.17) is 10.8 Å². The third kappa shape index (κ3) is 2.92. The van der Waals surface area contributed by atoms with Gasteiger partial charge < -0.3 is 10.8 Å². The van der Waals surface area contributed by atoms with Crippen LogP contribution in [0.5, 0.6) is 0 Å². The van der Waals surface area contributed by atoms with Crippen LogP contribution in [0.3, 0.4) is 0 Å². The zero-order valence-corrected chi connectivity index (χ0v) is 10.1. The topological polar surface area (TPSA) is 94.0 Å². The Morgan fingerprint density at radius 1 is 1.67 bits per heavy atom. The van der Waals surface area contributed by atoms with E-state index >= 15 is 0 Å². The van der Waals surface area contributed by atoms with E-state index in [1.54, 1.807) is 0 Å². The molecule has 0 aliphatic carbocycles. The summed E-state index contributed by atoms with van der Waals surface area (Å²) in [6, 6.07) is -0.732. The molecule has 0 saturated heterocycles. The maximum atomic E-state index is 11.0. The Bertz CT molecular complexity index is 364. The van der Waals surface area contributed by atoms with Gasteiger partial charge in [-0.1, -0.05) is 13.8 Å². The molecule has 1 unspecified atom stereocenters. The van der Waals surface area contributed by atoms with E-state index in [0.29, 0.717) is 11.2 Å². The third-order valence-corrected chi connectivity index (χ3v) is 2.42. The van der Waals surface area contributed by atoms with Gasteiger partial charge in [0.2, 0.25) is 5.95 Å². The predicted octanol–water partition coefficient (Wildman–Crippen LogP) is 1.29. The first-order valence-electron chi connectivity index (χ1n) is 4.52. The molecule has 1 atom stereocenters. The quantitative estimate of drug-likeness (QED) is 0.864. The van der Waals surface area contributed by atoms with Gasteiger partial charge in [0.15, 0.2) is 10.8 Å². The highest BCUT2D eigenvalue weighted by Gasteiger charge is 2.24. The van der Waals surface area contributed by atoms with Crippen LogP contribution in [0.1, 0.15) is 26.3 Å². The van der Waals surface area contributed by atoms with E-state index < -0.39 is 12.0 Å². The summed E-state index contributed by atoms with van der Waals surface area (Å²) >= 11 is 3.12. The number of nitrogen functional groups attached to an aromatic ring is 1. The molecule has 0 aliphatic heterocycles. The van der Waals surface area contributed by atoms with Gasteiger partial charge in [-0.25, -0.2) is 9.48 Å². The first-order valence-corrected chi connectivity index (χ1v) is 5.31. The second-order valence-corrected chi connectivity index (χ2v) is 4.38. The van der Waals surface area contributed by atoms with Gasteiger partial charge in [0, 0.05) is 0 Å². The van der Waals surface area contributed by atoms with Crippen molar-refractivity contribution in [3.63, 3.8) is 0 Å². The van der Waals surface area contributed by atoms with Crippen LogP contribution in [0.2, 0.25) is 0 Å². The number of hydrogen-bond acceptors (Lipinski definition) is 4. The SMILES string of the molecule is CC(C)CC(C(=O)O)n1nc(N)nc1Br. The number of rotatable bonds is 4. The van der Waals surface area contributed by atoms with E-state index in [0.717, 1.165) is 0 Å². The summed E-state index contributed by atoms with van der Waals surface area (Å²) in [6.45, 7) is 3.90. The standard InChI is InChI=1S/C8H13BrN4O2/c1-4(2)3-5(6(14)15)13-7(9)11-8(10)12-13/h4-5H,3H2,1-2H3,(H2,10,12)(H,14,15). The smallest absolute Gasteiger partial charge is 0.328 e. The molecule has 6 nitrogen and oxygen atoms in total. The summed E-state index contributed by atoms with van der Waals surface area (Å²) in [4.78, 5) is 14.9. The molecule has 0 bridgehead atoms. The van der Waals surface area contributed by atoms with E-state index in [1.807, 2.05) is 13.8 Å². The van der Waals surface area contributed by atoms with Gasteiger partial charge in [-0.2, -0.15) is 4.98 Å². The molecule has 15 heavy (non-hydrogen) atoms. The molecule has 0 amide bonds. The molecule has 0 aromatic carbocycles. The fourth-order valence-corrected chi connectivity index (χ4v) is 1.78. The van der Waals surface area contributed by atoms with Crippen molar-refractivity contribution in [2.45, 2.75) is 26.3 Å². The average Bonchev–Trinajstić information content (AvgIpc) is 2.40. The highest BCUT2D eigenvalue weighted by molar-refractivity contribution is 9.10. The molecule has 3 N–H and O–H groups in total. The van der Waals surface area contributed by atoms with Gasteiger partial charge in [-0.05, 0) is 28.3 Å². The second-order valence-electron chi connectivity index (χ2n) is 3.67. The molecule has 7 heteroatoms. The van der Waals surface area contributed by atoms with Gasteiger partial charge in [0.25, 0.3) is 0 Å². The Balaban J connectivity index is 2.98. The molecule has 0 fully saturated rings. The van der Waals surface area contributed by atoms with Gasteiger partial charge in [0.05, 0.1) is 0 Å². The highest BCUT2D eigenvalue weighted by atomic mass is 79.9. The predicted molar refractivity (Wildman–Crippen MR) is 58.3 cm³/mol. The lowest BCUT2D eigenvalue weighted by Gasteiger charge is -2.15. The van der Waals surface area contributed by atoms with Gasteiger partial charge in [-0.3, -0.25) is 0 Å². The molecule has 1 aromatic heterocycles. The number of aromatic nitrogens is 3. The Hall–Kier alpha value is -1.11. The first kappa shape index (κ1) is 12.0. The summed E-state index contributed by atoms with van der Waals surface area (Å²) in [5.41, 5.74) is 5.38. The summed E-state index contributed by atoms with van der Waals surface area (Å²) < 4.78 is 1.63. The molecular formula is C8H13BrN4O2. The largest absolute Gasteiger partial charge is 0.480 e. The third-order valence-electron chi connectivity index (χ3n) is 1.88.